The summed E-state index contributed by atoms with van der Waals surface area (Å²) < 4.78 is 12.7. The maximum atomic E-state index is 14.2. The fourth-order valence-electron chi connectivity index (χ4n) is 4.70. The highest BCUT2D eigenvalue weighted by Crippen LogP contribution is 2.31. The first-order valence-corrected chi connectivity index (χ1v) is 12.9. The van der Waals surface area contributed by atoms with Gasteiger partial charge in [-0.3, -0.25) is 39.2 Å². The molecule has 2 amide bonds. The SMILES string of the molecule is CC(=O)Nc1nc2c(c(=O)[nH]1)N(C(=O)c1ccc[n+](Cc3ccccc3)c1)[C@H](C(OC(C)=O)C(C)OC(C)=O)CN2. The number of hydrogen-bond donors (Lipinski definition) is 3. The van der Waals surface area contributed by atoms with E-state index in [4.69, 9.17) is 9.47 Å². The summed E-state index contributed by atoms with van der Waals surface area (Å²) in [6.07, 6.45) is 1.35. The van der Waals surface area contributed by atoms with Gasteiger partial charge in [-0.1, -0.05) is 30.3 Å². The van der Waals surface area contributed by atoms with Crippen molar-refractivity contribution >= 4 is 41.2 Å². The van der Waals surface area contributed by atoms with Crippen molar-refractivity contribution in [2.45, 2.75) is 52.5 Å². The lowest BCUT2D eigenvalue weighted by Gasteiger charge is -2.41. The van der Waals surface area contributed by atoms with Gasteiger partial charge in [-0.15, -0.1) is 0 Å². The smallest absolute Gasteiger partial charge is 0.303 e. The number of pyridine rings is 1. The van der Waals surface area contributed by atoms with E-state index in [1.807, 2.05) is 41.1 Å². The Bertz CT molecular complexity index is 1520. The summed E-state index contributed by atoms with van der Waals surface area (Å²) in [5.41, 5.74) is 0.391. The van der Waals surface area contributed by atoms with Crippen molar-refractivity contribution in [2.24, 2.45) is 0 Å². The number of nitrogens with one attached hydrogen (secondary N) is 3. The summed E-state index contributed by atoms with van der Waals surface area (Å²) in [6.45, 7) is 5.68. The van der Waals surface area contributed by atoms with Crippen molar-refractivity contribution in [3.8, 4) is 0 Å². The Morgan fingerprint density at radius 3 is 2.44 bits per heavy atom. The number of rotatable bonds is 8. The average molecular weight is 564 g/mol. The molecule has 3 N–H and O–H groups in total. The van der Waals surface area contributed by atoms with Crippen LogP contribution in [0.1, 0.15) is 43.6 Å². The third-order valence-corrected chi connectivity index (χ3v) is 6.27. The van der Waals surface area contributed by atoms with Gasteiger partial charge in [0.1, 0.15) is 11.7 Å². The predicted molar refractivity (Wildman–Crippen MR) is 147 cm³/mol. The number of carbonyl (C=O) groups excluding carboxylic acids is 4. The second kappa shape index (κ2) is 12.4. The van der Waals surface area contributed by atoms with Crippen LogP contribution in [-0.2, 0) is 30.4 Å². The third kappa shape index (κ3) is 6.93. The highest BCUT2D eigenvalue weighted by molar-refractivity contribution is 6.08. The van der Waals surface area contributed by atoms with Gasteiger partial charge in [0, 0.05) is 38.9 Å². The van der Waals surface area contributed by atoms with Crippen LogP contribution in [0.2, 0.25) is 0 Å². The number of ether oxygens (including phenoxy) is 2. The molecule has 0 saturated carbocycles. The molecule has 0 spiro atoms. The van der Waals surface area contributed by atoms with Crippen molar-refractivity contribution in [3.63, 3.8) is 0 Å². The topological polar surface area (TPSA) is 164 Å². The summed E-state index contributed by atoms with van der Waals surface area (Å²) in [4.78, 5) is 71.0. The minimum absolute atomic E-state index is 0.0187. The standard InChI is InChI=1S/C28H30N6O7/c1-16(40-18(3)36)24(41-19(4)37)22-13-29-25-23(26(38)32-28(31-25)30-17(2)35)34(22)27(39)21-11-8-12-33(15-21)14-20-9-6-5-7-10-20/h5-12,15-16,22,24H,13-14H2,1-4H3,(H2-,29,30,31,32,35,38)/p+1/t16?,22-,24?/m0/s1. The Morgan fingerprint density at radius 2 is 1.78 bits per heavy atom. The lowest BCUT2D eigenvalue weighted by Crippen LogP contribution is -2.59. The lowest BCUT2D eigenvalue weighted by atomic mass is 10.00. The predicted octanol–water partition coefficient (Wildman–Crippen LogP) is 1.39. The van der Waals surface area contributed by atoms with Crippen LogP contribution in [-0.4, -0.2) is 58.5 Å². The Kier molecular flexibility index (Phi) is 8.75. The van der Waals surface area contributed by atoms with Gasteiger partial charge in [0.2, 0.25) is 11.9 Å². The number of H-pyrrole nitrogens is 1. The van der Waals surface area contributed by atoms with Crippen LogP contribution in [0.25, 0.3) is 0 Å². The van der Waals surface area contributed by atoms with Crippen LogP contribution >= 0.6 is 0 Å². The summed E-state index contributed by atoms with van der Waals surface area (Å²) in [5.74, 6) is -2.37. The van der Waals surface area contributed by atoms with Crippen LogP contribution in [0, 0.1) is 0 Å². The fraction of sp³-hybridized carbons (Fsp3) is 0.321. The molecular formula is C28H31N6O7+. The monoisotopic (exact) mass is 563 g/mol. The number of aromatic nitrogens is 3. The molecule has 0 bridgehead atoms. The molecule has 4 rings (SSSR count). The number of esters is 2. The molecule has 0 fully saturated rings. The minimum atomic E-state index is -1.14. The number of fused-ring (bicyclic) bond motifs is 1. The molecule has 3 heterocycles. The molecule has 13 nitrogen and oxygen atoms in total. The van der Waals surface area contributed by atoms with Crippen LogP contribution < -0.4 is 25.7 Å². The van der Waals surface area contributed by atoms with E-state index < -0.39 is 47.6 Å². The van der Waals surface area contributed by atoms with Gasteiger partial charge in [-0.25, -0.2) is 0 Å². The van der Waals surface area contributed by atoms with Gasteiger partial charge in [-0.05, 0) is 13.0 Å². The fourth-order valence-corrected chi connectivity index (χ4v) is 4.70. The summed E-state index contributed by atoms with van der Waals surface area (Å²) in [7, 11) is 0. The van der Waals surface area contributed by atoms with E-state index in [0.29, 0.717) is 6.54 Å². The van der Waals surface area contributed by atoms with E-state index >= 15 is 0 Å². The van der Waals surface area contributed by atoms with Gasteiger partial charge in [0.05, 0.1) is 6.04 Å². The molecule has 1 aliphatic heterocycles. The average Bonchev–Trinajstić information content (AvgIpc) is 2.90. The highest BCUT2D eigenvalue weighted by Gasteiger charge is 2.44. The van der Waals surface area contributed by atoms with E-state index in [2.05, 4.69) is 20.6 Å². The molecule has 41 heavy (non-hydrogen) atoms. The number of aromatic amines is 1. The maximum absolute atomic E-state index is 14.2. The maximum Gasteiger partial charge on any atom is 0.303 e. The van der Waals surface area contributed by atoms with E-state index in [1.165, 1.54) is 32.6 Å². The minimum Gasteiger partial charge on any atom is -0.459 e. The second-order valence-corrected chi connectivity index (χ2v) is 9.56. The Hall–Kier alpha value is -5.07. The number of nitrogens with zero attached hydrogens (tertiary/aromatic N) is 3. The van der Waals surface area contributed by atoms with Crippen molar-refractivity contribution in [1.82, 2.24) is 9.97 Å². The van der Waals surface area contributed by atoms with Crippen molar-refractivity contribution in [1.29, 1.82) is 0 Å². The molecule has 3 aromatic rings. The van der Waals surface area contributed by atoms with Crippen molar-refractivity contribution < 1.29 is 33.2 Å². The van der Waals surface area contributed by atoms with Crippen LogP contribution in [0.4, 0.5) is 17.5 Å². The zero-order valence-corrected chi connectivity index (χ0v) is 23.0. The zero-order valence-electron chi connectivity index (χ0n) is 23.0. The summed E-state index contributed by atoms with van der Waals surface area (Å²) in [5, 5.41) is 5.42. The molecule has 214 valence electrons. The molecule has 2 unspecified atom stereocenters. The van der Waals surface area contributed by atoms with Gasteiger partial charge in [-0.2, -0.15) is 9.55 Å². The van der Waals surface area contributed by atoms with Gasteiger partial charge in [0.25, 0.3) is 11.5 Å². The number of hydrogen-bond acceptors (Lipinski definition) is 9. The van der Waals surface area contributed by atoms with Gasteiger partial charge < -0.3 is 14.8 Å². The molecule has 0 saturated heterocycles. The number of amides is 2. The van der Waals surface area contributed by atoms with Gasteiger partial charge >= 0.3 is 11.9 Å². The second-order valence-electron chi connectivity index (χ2n) is 9.56. The van der Waals surface area contributed by atoms with E-state index in [0.717, 1.165) is 5.56 Å². The molecular weight excluding hydrogens is 532 g/mol. The molecule has 1 aromatic carbocycles. The Morgan fingerprint density at radius 1 is 1.07 bits per heavy atom. The molecule has 0 radical (unpaired) electrons. The number of benzene rings is 1. The van der Waals surface area contributed by atoms with Crippen LogP contribution in [0.15, 0.2) is 59.7 Å². The van der Waals surface area contributed by atoms with E-state index in [9.17, 15) is 24.0 Å². The quantitative estimate of drug-likeness (QED) is 0.271. The first kappa shape index (κ1) is 28.9. The molecule has 1 aliphatic rings. The summed E-state index contributed by atoms with van der Waals surface area (Å²) >= 11 is 0. The first-order chi connectivity index (χ1) is 19.5. The first-order valence-electron chi connectivity index (χ1n) is 12.9. The zero-order chi connectivity index (χ0) is 29.7. The molecule has 2 aromatic heterocycles. The Labute approximate surface area is 235 Å². The number of carbonyl (C=O) groups is 4. The van der Waals surface area contributed by atoms with E-state index in [-0.39, 0.29) is 29.6 Å². The van der Waals surface area contributed by atoms with Crippen molar-refractivity contribution in [3.05, 3.63) is 76.3 Å². The molecule has 13 heteroatoms. The Balaban J connectivity index is 1.81. The highest BCUT2D eigenvalue weighted by atomic mass is 16.6. The molecule has 3 atom stereocenters. The van der Waals surface area contributed by atoms with Crippen LogP contribution in [0.3, 0.4) is 0 Å². The molecule has 0 aliphatic carbocycles. The largest absolute Gasteiger partial charge is 0.459 e. The lowest BCUT2D eigenvalue weighted by molar-refractivity contribution is -0.688. The van der Waals surface area contributed by atoms with Crippen molar-refractivity contribution in [2.75, 3.05) is 22.1 Å². The third-order valence-electron chi connectivity index (χ3n) is 6.27. The normalized spacial score (nSPS) is 15.5. The summed E-state index contributed by atoms with van der Waals surface area (Å²) in [6, 6.07) is 12.0. The van der Waals surface area contributed by atoms with Crippen LogP contribution in [0.5, 0.6) is 0 Å². The van der Waals surface area contributed by atoms with E-state index in [1.54, 1.807) is 18.3 Å². The number of anilines is 3. The van der Waals surface area contributed by atoms with Gasteiger partial charge in [0.15, 0.2) is 36.5 Å².